The molecule has 1 aromatic rings. The van der Waals surface area contributed by atoms with Gasteiger partial charge in [-0.15, -0.1) is 0 Å². The van der Waals surface area contributed by atoms with Crippen LogP contribution in [0.4, 0.5) is 18.9 Å². The molecule has 1 aliphatic rings. The Labute approximate surface area is 89.6 Å². The normalized spacial score (nSPS) is 15.8. The van der Waals surface area contributed by atoms with E-state index in [1.54, 1.807) is 0 Å². The van der Waals surface area contributed by atoms with Gasteiger partial charge in [0.05, 0.1) is 16.8 Å². The molecule has 0 unspecified atom stereocenters. The Morgan fingerprint density at radius 3 is 2.50 bits per heavy atom. The number of nitrogens with one attached hydrogen (secondary N) is 2. The summed E-state index contributed by atoms with van der Waals surface area (Å²) >= 11 is 0. The Hall–Kier alpha value is -1.72. The lowest BCUT2D eigenvalue weighted by Gasteiger charge is -2.14. The van der Waals surface area contributed by atoms with Crippen LogP contribution in [0.25, 0.3) is 0 Å². The number of fused-ring (bicyclic) bond motifs is 1. The molecule has 0 atom stereocenters. The summed E-state index contributed by atoms with van der Waals surface area (Å²) in [6.45, 7) is 0.594. The Morgan fingerprint density at radius 2 is 1.81 bits per heavy atom. The van der Waals surface area contributed by atoms with Gasteiger partial charge in [-0.25, -0.2) is 0 Å². The van der Waals surface area contributed by atoms with E-state index in [9.17, 15) is 18.0 Å². The molecule has 16 heavy (non-hydrogen) atoms. The quantitative estimate of drug-likeness (QED) is 0.714. The summed E-state index contributed by atoms with van der Waals surface area (Å²) in [7, 11) is 0. The van der Waals surface area contributed by atoms with Gasteiger partial charge in [0.25, 0.3) is 5.91 Å². The van der Waals surface area contributed by atoms with Gasteiger partial charge in [-0.3, -0.25) is 4.79 Å². The number of para-hydroxylation sites is 1. The van der Waals surface area contributed by atoms with E-state index in [-0.39, 0.29) is 17.8 Å². The first-order valence-electron chi connectivity index (χ1n) is 4.72. The van der Waals surface area contributed by atoms with Gasteiger partial charge in [0.1, 0.15) is 0 Å². The zero-order valence-electron chi connectivity index (χ0n) is 8.19. The summed E-state index contributed by atoms with van der Waals surface area (Å²) in [6, 6.07) is 3.57. The molecule has 0 fully saturated rings. The van der Waals surface area contributed by atoms with Crippen molar-refractivity contribution in [2.45, 2.75) is 6.18 Å². The van der Waals surface area contributed by atoms with Gasteiger partial charge >= 0.3 is 6.18 Å². The van der Waals surface area contributed by atoms with Crippen LogP contribution in [0.5, 0.6) is 0 Å². The Bertz CT molecular complexity index is 429. The van der Waals surface area contributed by atoms with E-state index in [0.29, 0.717) is 6.54 Å². The minimum Gasteiger partial charge on any atom is -0.382 e. The maximum Gasteiger partial charge on any atom is 0.418 e. The molecule has 2 N–H and O–H groups in total. The number of anilines is 1. The molecule has 0 saturated carbocycles. The average molecular weight is 230 g/mol. The molecular formula is C10H9F3N2O. The van der Waals surface area contributed by atoms with Crippen LogP contribution in [0.15, 0.2) is 18.2 Å². The molecular weight excluding hydrogens is 221 g/mol. The van der Waals surface area contributed by atoms with Crippen molar-refractivity contribution >= 4 is 11.6 Å². The molecule has 0 spiro atoms. The van der Waals surface area contributed by atoms with E-state index in [0.717, 1.165) is 6.07 Å². The fraction of sp³-hybridized carbons (Fsp3) is 0.300. The van der Waals surface area contributed by atoms with E-state index < -0.39 is 17.6 Å². The maximum absolute atomic E-state index is 12.7. The van der Waals surface area contributed by atoms with Crippen LogP contribution < -0.4 is 10.6 Å². The fourth-order valence-electron chi connectivity index (χ4n) is 1.63. The number of carbonyl (C=O) groups is 1. The predicted octanol–water partition coefficient (Wildman–Crippen LogP) is 1.86. The van der Waals surface area contributed by atoms with Crippen molar-refractivity contribution in [2.75, 3.05) is 18.4 Å². The molecule has 1 amide bonds. The third kappa shape index (κ3) is 1.82. The van der Waals surface area contributed by atoms with E-state index in [2.05, 4.69) is 10.6 Å². The molecule has 6 heteroatoms. The summed E-state index contributed by atoms with van der Waals surface area (Å²) in [4.78, 5) is 11.5. The lowest BCUT2D eigenvalue weighted by Crippen LogP contribution is -2.24. The van der Waals surface area contributed by atoms with Crippen LogP contribution in [0, 0.1) is 0 Å². The summed E-state index contributed by atoms with van der Waals surface area (Å²) in [5, 5.41) is 5.14. The number of hydrogen-bond donors (Lipinski definition) is 2. The molecule has 0 aromatic heterocycles. The van der Waals surface area contributed by atoms with Crippen molar-refractivity contribution in [1.29, 1.82) is 0 Å². The van der Waals surface area contributed by atoms with Gasteiger partial charge in [0.2, 0.25) is 0 Å². The van der Waals surface area contributed by atoms with Gasteiger partial charge in [-0.05, 0) is 12.1 Å². The Balaban J connectivity index is 2.58. The third-order valence-corrected chi connectivity index (χ3v) is 2.33. The molecule has 1 aliphatic heterocycles. The topological polar surface area (TPSA) is 41.1 Å². The first kappa shape index (κ1) is 10.8. The highest BCUT2D eigenvalue weighted by molar-refractivity contribution is 6.01. The number of alkyl halides is 3. The summed E-state index contributed by atoms with van der Waals surface area (Å²) in [5.74, 6) is -0.480. The lowest BCUT2D eigenvalue weighted by molar-refractivity contribution is -0.136. The van der Waals surface area contributed by atoms with E-state index >= 15 is 0 Å². The number of halogens is 3. The Kier molecular flexibility index (Phi) is 2.49. The van der Waals surface area contributed by atoms with Crippen LogP contribution in [0.2, 0.25) is 0 Å². The number of benzene rings is 1. The number of rotatable bonds is 0. The zero-order chi connectivity index (χ0) is 11.8. The molecule has 86 valence electrons. The van der Waals surface area contributed by atoms with Gasteiger partial charge in [-0.2, -0.15) is 13.2 Å². The first-order chi connectivity index (χ1) is 7.50. The van der Waals surface area contributed by atoms with Crippen molar-refractivity contribution in [3.8, 4) is 0 Å². The van der Waals surface area contributed by atoms with Gasteiger partial charge in [0, 0.05) is 13.1 Å². The number of amides is 1. The molecule has 2 rings (SSSR count). The van der Waals surface area contributed by atoms with Gasteiger partial charge in [-0.1, -0.05) is 6.07 Å². The highest BCUT2D eigenvalue weighted by atomic mass is 19.4. The average Bonchev–Trinajstić information content (AvgIpc) is 2.39. The predicted molar refractivity (Wildman–Crippen MR) is 52.3 cm³/mol. The van der Waals surface area contributed by atoms with Crippen LogP contribution in [0.3, 0.4) is 0 Å². The van der Waals surface area contributed by atoms with Crippen molar-refractivity contribution in [2.24, 2.45) is 0 Å². The number of hydrogen-bond acceptors (Lipinski definition) is 2. The van der Waals surface area contributed by atoms with Gasteiger partial charge in [0.15, 0.2) is 0 Å². The highest BCUT2D eigenvalue weighted by Crippen LogP contribution is 2.36. The molecule has 1 aromatic carbocycles. The molecule has 0 bridgehead atoms. The van der Waals surface area contributed by atoms with E-state index in [4.69, 9.17) is 0 Å². The monoisotopic (exact) mass is 230 g/mol. The molecule has 0 aliphatic carbocycles. The minimum atomic E-state index is -4.46. The SMILES string of the molecule is O=C1NCCNc2c1cccc2C(F)(F)F. The Morgan fingerprint density at radius 1 is 1.12 bits per heavy atom. The fourth-order valence-corrected chi connectivity index (χ4v) is 1.63. The van der Waals surface area contributed by atoms with E-state index in [1.165, 1.54) is 12.1 Å². The van der Waals surface area contributed by atoms with Crippen molar-refractivity contribution in [3.05, 3.63) is 29.3 Å². The summed E-state index contributed by atoms with van der Waals surface area (Å²) in [6.07, 6.45) is -4.46. The molecule has 1 heterocycles. The minimum absolute atomic E-state index is 0.0346. The number of carbonyl (C=O) groups excluding carboxylic acids is 1. The van der Waals surface area contributed by atoms with Crippen molar-refractivity contribution < 1.29 is 18.0 Å². The standard InChI is InChI=1S/C10H9F3N2O/c11-10(12,13)7-3-1-2-6-8(7)14-4-5-15-9(6)16/h1-3,14H,4-5H2,(H,15,16). The molecule has 3 nitrogen and oxygen atoms in total. The second-order valence-corrected chi connectivity index (χ2v) is 3.41. The summed E-state index contributed by atoms with van der Waals surface area (Å²) in [5.41, 5.74) is -0.903. The summed E-state index contributed by atoms with van der Waals surface area (Å²) < 4.78 is 38.0. The van der Waals surface area contributed by atoms with Crippen LogP contribution in [0.1, 0.15) is 15.9 Å². The van der Waals surface area contributed by atoms with Crippen LogP contribution in [-0.2, 0) is 6.18 Å². The molecule has 0 radical (unpaired) electrons. The molecule has 0 saturated heterocycles. The van der Waals surface area contributed by atoms with Crippen LogP contribution in [-0.4, -0.2) is 19.0 Å². The highest BCUT2D eigenvalue weighted by Gasteiger charge is 2.35. The smallest absolute Gasteiger partial charge is 0.382 e. The maximum atomic E-state index is 12.7. The second kappa shape index (κ2) is 3.70. The van der Waals surface area contributed by atoms with Gasteiger partial charge < -0.3 is 10.6 Å². The van der Waals surface area contributed by atoms with Crippen LogP contribution >= 0.6 is 0 Å². The van der Waals surface area contributed by atoms with Crippen molar-refractivity contribution in [1.82, 2.24) is 5.32 Å². The largest absolute Gasteiger partial charge is 0.418 e. The lowest BCUT2D eigenvalue weighted by atomic mass is 10.1. The van der Waals surface area contributed by atoms with Crippen molar-refractivity contribution in [3.63, 3.8) is 0 Å². The zero-order valence-corrected chi connectivity index (χ0v) is 8.19. The van der Waals surface area contributed by atoms with E-state index in [1.807, 2.05) is 0 Å². The second-order valence-electron chi connectivity index (χ2n) is 3.41. The first-order valence-corrected chi connectivity index (χ1v) is 4.72. The third-order valence-electron chi connectivity index (χ3n) is 2.33.